The van der Waals surface area contributed by atoms with E-state index in [1.165, 1.54) is 0 Å². The van der Waals surface area contributed by atoms with Crippen LogP contribution in [-0.4, -0.2) is 27.7 Å². The first kappa shape index (κ1) is 18.2. The van der Waals surface area contributed by atoms with Crippen LogP contribution in [0.4, 0.5) is 0 Å². The molecule has 0 radical (unpaired) electrons. The predicted octanol–water partition coefficient (Wildman–Crippen LogP) is 4.69. The molecule has 1 saturated carbocycles. The van der Waals surface area contributed by atoms with Gasteiger partial charge in [0.05, 0.1) is 18.2 Å². The first-order chi connectivity index (χ1) is 13.7. The summed E-state index contributed by atoms with van der Waals surface area (Å²) in [6.45, 7) is 0.447. The number of hydrogen-bond acceptors (Lipinski definition) is 4. The van der Waals surface area contributed by atoms with Crippen molar-refractivity contribution in [3.63, 3.8) is 0 Å². The van der Waals surface area contributed by atoms with E-state index in [0.29, 0.717) is 25.5 Å². The maximum absolute atomic E-state index is 11.1. The Morgan fingerprint density at radius 3 is 2.32 bits per heavy atom. The van der Waals surface area contributed by atoms with Crippen LogP contribution in [0.2, 0.25) is 0 Å². The van der Waals surface area contributed by atoms with Crippen LogP contribution in [0.1, 0.15) is 19.3 Å². The molecule has 5 nitrogen and oxygen atoms in total. The van der Waals surface area contributed by atoms with Gasteiger partial charge in [-0.1, -0.05) is 60.7 Å². The van der Waals surface area contributed by atoms with Crippen molar-refractivity contribution in [1.29, 1.82) is 0 Å². The Morgan fingerprint density at radius 1 is 1.00 bits per heavy atom. The molecule has 2 atom stereocenters. The number of carboxylic acids is 1. The molecule has 142 valence electrons. The lowest BCUT2D eigenvalue weighted by atomic mass is 10.0. The van der Waals surface area contributed by atoms with Crippen molar-refractivity contribution in [1.82, 2.24) is 9.97 Å². The molecular weight excluding hydrogens is 352 g/mol. The van der Waals surface area contributed by atoms with Crippen LogP contribution in [-0.2, 0) is 4.79 Å². The summed E-state index contributed by atoms with van der Waals surface area (Å²) in [6, 6.07) is 20.4. The first-order valence-electron chi connectivity index (χ1n) is 9.54. The number of rotatable bonds is 6. The van der Waals surface area contributed by atoms with Gasteiger partial charge in [0.15, 0.2) is 0 Å². The molecular formula is C23H22N2O3. The molecule has 2 aromatic carbocycles. The minimum absolute atomic E-state index is 0.235. The van der Waals surface area contributed by atoms with E-state index in [4.69, 9.17) is 9.84 Å². The third-order valence-corrected chi connectivity index (χ3v) is 5.24. The summed E-state index contributed by atoms with van der Waals surface area (Å²) in [5.74, 6) is -0.731. The van der Waals surface area contributed by atoms with Gasteiger partial charge in [0, 0.05) is 17.3 Å². The van der Waals surface area contributed by atoms with E-state index in [1.54, 1.807) is 6.20 Å². The van der Waals surface area contributed by atoms with Crippen molar-refractivity contribution < 1.29 is 14.6 Å². The van der Waals surface area contributed by atoms with Gasteiger partial charge in [-0.3, -0.25) is 4.79 Å². The van der Waals surface area contributed by atoms with Crippen molar-refractivity contribution in [2.75, 3.05) is 6.61 Å². The lowest BCUT2D eigenvalue weighted by Gasteiger charge is -2.13. The lowest BCUT2D eigenvalue weighted by Crippen LogP contribution is -2.14. The number of hydrogen-bond donors (Lipinski definition) is 1. The minimum atomic E-state index is -0.711. The summed E-state index contributed by atoms with van der Waals surface area (Å²) in [7, 11) is 0. The summed E-state index contributed by atoms with van der Waals surface area (Å²) in [6.07, 6.45) is 4.04. The highest BCUT2D eigenvalue weighted by Crippen LogP contribution is 2.33. The van der Waals surface area contributed by atoms with Crippen molar-refractivity contribution in [3.8, 4) is 28.4 Å². The highest BCUT2D eigenvalue weighted by Gasteiger charge is 2.30. The zero-order valence-electron chi connectivity index (χ0n) is 15.5. The third-order valence-electron chi connectivity index (χ3n) is 5.24. The Morgan fingerprint density at radius 2 is 1.68 bits per heavy atom. The summed E-state index contributed by atoms with van der Waals surface area (Å²) in [5.41, 5.74) is 3.82. The Kier molecular flexibility index (Phi) is 5.33. The van der Waals surface area contributed by atoms with Gasteiger partial charge in [0.2, 0.25) is 0 Å². The zero-order valence-corrected chi connectivity index (χ0v) is 15.5. The molecule has 4 rings (SSSR count). The Hall–Kier alpha value is -3.21. The second-order valence-corrected chi connectivity index (χ2v) is 7.17. The molecule has 3 aromatic rings. The number of ether oxygens (including phenoxy) is 1. The number of aromatic nitrogens is 2. The molecule has 1 aliphatic rings. The maximum atomic E-state index is 11.1. The zero-order chi connectivity index (χ0) is 19.3. The highest BCUT2D eigenvalue weighted by molar-refractivity contribution is 5.80. The number of benzene rings is 2. The average Bonchev–Trinajstić information content (AvgIpc) is 3.23. The molecule has 0 amide bonds. The van der Waals surface area contributed by atoms with Crippen LogP contribution in [0.5, 0.6) is 6.01 Å². The van der Waals surface area contributed by atoms with Crippen LogP contribution in [0, 0.1) is 11.8 Å². The SMILES string of the molecule is O=C(O)C1CCC(COc2ncc(-c3ccccc3)c(-c3ccccc3)n2)C1. The second-order valence-electron chi connectivity index (χ2n) is 7.17. The van der Waals surface area contributed by atoms with Gasteiger partial charge in [0.1, 0.15) is 0 Å². The summed E-state index contributed by atoms with van der Waals surface area (Å²) in [4.78, 5) is 20.2. The predicted molar refractivity (Wildman–Crippen MR) is 107 cm³/mol. The van der Waals surface area contributed by atoms with Crippen LogP contribution in [0.25, 0.3) is 22.4 Å². The largest absolute Gasteiger partial charge is 0.481 e. The van der Waals surface area contributed by atoms with E-state index in [2.05, 4.69) is 9.97 Å². The molecule has 1 aliphatic carbocycles. The van der Waals surface area contributed by atoms with E-state index < -0.39 is 5.97 Å². The molecule has 1 heterocycles. The fourth-order valence-electron chi connectivity index (χ4n) is 3.72. The van der Waals surface area contributed by atoms with E-state index in [-0.39, 0.29) is 11.8 Å². The normalized spacial score (nSPS) is 18.7. The van der Waals surface area contributed by atoms with Crippen molar-refractivity contribution in [2.45, 2.75) is 19.3 Å². The average molecular weight is 374 g/mol. The Balaban J connectivity index is 1.57. The molecule has 0 saturated heterocycles. The van der Waals surface area contributed by atoms with E-state index in [0.717, 1.165) is 28.8 Å². The standard InChI is InChI=1S/C23H22N2O3/c26-22(27)19-12-11-16(13-19)15-28-23-24-14-20(17-7-3-1-4-8-17)21(25-23)18-9-5-2-6-10-18/h1-10,14,16,19H,11-13,15H2,(H,26,27). The van der Waals surface area contributed by atoms with E-state index >= 15 is 0 Å². The van der Waals surface area contributed by atoms with Crippen molar-refractivity contribution in [2.24, 2.45) is 11.8 Å². The van der Waals surface area contributed by atoms with Gasteiger partial charge in [-0.25, -0.2) is 4.98 Å². The molecule has 1 N–H and O–H groups in total. The lowest BCUT2D eigenvalue weighted by molar-refractivity contribution is -0.141. The van der Waals surface area contributed by atoms with Crippen molar-refractivity contribution in [3.05, 3.63) is 66.9 Å². The van der Waals surface area contributed by atoms with Crippen LogP contribution in [0.3, 0.4) is 0 Å². The van der Waals surface area contributed by atoms with Gasteiger partial charge in [-0.15, -0.1) is 0 Å². The molecule has 2 unspecified atom stereocenters. The fourth-order valence-corrected chi connectivity index (χ4v) is 3.72. The van der Waals surface area contributed by atoms with Crippen LogP contribution in [0.15, 0.2) is 66.9 Å². The molecule has 5 heteroatoms. The summed E-state index contributed by atoms with van der Waals surface area (Å²) in [5, 5.41) is 9.15. The monoisotopic (exact) mass is 374 g/mol. The summed E-state index contributed by atoms with van der Waals surface area (Å²) < 4.78 is 5.86. The molecule has 28 heavy (non-hydrogen) atoms. The number of carbonyl (C=O) groups is 1. The fraction of sp³-hybridized carbons (Fsp3) is 0.261. The summed E-state index contributed by atoms with van der Waals surface area (Å²) >= 11 is 0. The van der Waals surface area contributed by atoms with Gasteiger partial charge < -0.3 is 9.84 Å². The van der Waals surface area contributed by atoms with E-state index in [9.17, 15) is 4.79 Å². The van der Waals surface area contributed by atoms with Gasteiger partial charge in [-0.2, -0.15) is 4.98 Å². The first-order valence-corrected chi connectivity index (χ1v) is 9.54. The number of carboxylic acid groups (broad SMARTS) is 1. The molecule has 1 aromatic heterocycles. The Bertz CT molecular complexity index is 945. The number of nitrogens with zero attached hydrogens (tertiary/aromatic N) is 2. The molecule has 1 fully saturated rings. The van der Waals surface area contributed by atoms with Gasteiger partial charge in [0.25, 0.3) is 0 Å². The molecule has 0 bridgehead atoms. The van der Waals surface area contributed by atoms with Gasteiger partial charge >= 0.3 is 12.0 Å². The minimum Gasteiger partial charge on any atom is -0.481 e. The topological polar surface area (TPSA) is 72.3 Å². The van der Waals surface area contributed by atoms with Crippen molar-refractivity contribution >= 4 is 5.97 Å². The quantitative estimate of drug-likeness (QED) is 0.678. The van der Waals surface area contributed by atoms with Crippen LogP contribution < -0.4 is 4.74 Å². The smallest absolute Gasteiger partial charge is 0.316 e. The molecule has 0 aliphatic heterocycles. The van der Waals surface area contributed by atoms with Gasteiger partial charge in [-0.05, 0) is 30.7 Å². The third kappa shape index (κ3) is 4.03. The molecule has 0 spiro atoms. The van der Waals surface area contributed by atoms with E-state index in [1.807, 2.05) is 60.7 Å². The second kappa shape index (κ2) is 8.21. The Labute approximate surface area is 164 Å². The number of aliphatic carboxylic acids is 1. The van der Waals surface area contributed by atoms with Crippen LogP contribution >= 0.6 is 0 Å². The maximum Gasteiger partial charge on any atom is 0.316 e. The highest BCUT2D eigenvalue weighted by atomic mass is 16.5.